The quantitative estimate of drug-likeness (QED) is 0.412. The minimum atomic E-state index is -0.860. The van der Waals surface area contributed by atoms with Gasteiger partial charge in [0.1, 0.15) is 0 Å². The smallest absolute Gasteiger partial charge is 0.324 e. The number of nitrogens with one attached hydrogen (secondary N) is 1. The van der Waals surface area contributed by atoms with E-state index in [-0.39, 0.29) is 23.9 Å². The van der Waals surface area contributed by atoms with Gasteiger partial charge in [0.15, 0.2) is 5.13 Å². The summed E-state index contributed by atoms with van der Waals surface area (Å²) in [5, 5.41) is 12.4. The molecule has 2 N–H and O–H groups in total. The Labute approximate surface area is 187 Å². The number of aromatic nitrogens is 1. The Balaban J connectivity index is 1.66. The second kappa shape index (κ2) is 11.9. The third-order valence-corrected chi connectivity index (χ3v) is 8.02. The van der Waals surface area contributed by atoms with Crippen molar-refractivity contribution >= 4 is 40.2 Å². The molecule has 0 saturated heterocycles. The molecule has 0 aliphatic heterocycles. The summed E-state index contributed by atoms with van der Waals surface area (Å²) < 4.78 is 6.60. The van der Waals surface area contributed by atoms with E-state index in [1.54, 1.807) is 6.20 Å². The topological polar surface area (TPSA) is 91.8 Å². The molecule has 3 rings (SSSR count). The number of carbonyl (C=O) groups is 2. The van der Waals surface area contributed by atoms with Gasteiger partial charge in [-0.15, -0.1) is 11.8 Å². The lowest BCUT2D eigenvalue weighted by Gasteiger charge is -2.41. The molecule has 168 valence electrons. The predicted octanol–water partition coefficient (Wildman–Crippen LogP) is 5.22. The maximum Gasteiger partial charge on any atom is 0.324 e. The van der Waals surface area contributed by atoms with Crippen molar-refractivity contribution < 1.29 is 19.4 Å². The molecule has 0 atom stereocenters. The van der Waals surface area contributed by atoms with Crippen molar-refractivity contribution in [1.29, 1.82) is 0 Å². The van der Waals surface area contributed by atoms with Gasteiger partial charge in [0, 0.05) is 18.7 Å². The van der Waals surface area contributed by atoms with Crippen LogP contribution in [0.1, 0.15) is 71.1 Å². The maximum atomic E-state index is 13.4. The Morgan fingerprint density at radius 3 is 2.47 bits per heavy atom. The number of carboxylic acid groups (broad SMARTS) is 1. The van der Waals surface area contributed by atoms with E-state index in [1.807, 2.05) is 6.92 Å². The monoisotopic (exact) mass is 455 g/mol. The van der Waals surface area contributed by atoms with Crippen LogP contribution in [0.3, 0.4) is 0 Å². The largest absolute Gasteiger partial charge is 0.481 e. The van der Waals surface area contributed by atoms with Crippen LogP contribution in [0.4, 0.5) is 9.93 Å². The van der Waals surface area contributed by atoms with Crippen molar-refractivity contribution in [3.8, 4) is 0 Å². The van der Waals surface area contributed by atoms with Gasteiger partial charge in [-0.1, -0.05) is 37.0 Å². The lowest BCUT2D eigenvalue weighted by Crippen LogP contribution is -2.50. The number of anilines is 1. The first-order chi connectivity index (χ1) is 14.6. The van der Waals surface area contributed by atoms with E-state index in [9.17, 15) is 9.59 Å². The summed E-state index contributed by atoms with van der Waals surface area (Å²) in [6, 6.07) is 0.457. The fraction of sp³-hybridized carbons (Fsp3) is 0.762. The van der Waals surface area contributed by atoms with Gasteiger partial charge in [-0.3, -0.25) is 10.1 Å². The molecule has 2 aliphatic rings. The van der Waals surface area contributed by atoms with Crippen LogP contribution < -0.4 is 5.32 Å². The lowest BCUT2D eigenvalue weighted by atomic mass is 9.90. The molecule has 0 unspecified atom stereocenters. The van der Waals surface area contributed by atoms with E-state index in [0.29, 0.717) is 11.2 Å². The fourth-order valence-corrected chi connectivity index (χ4v) is 6.15. The summed E-state index contributed by atoms with van der Waals surface area (Å²) in [5.74, 6) is -0.867. The van der Waals surface area contributed by atoms with E-state index in [1.165, 1.54) is 48.8 Å². The molecule has 30 heavy (non-hydrogen) atoms. The molecule has 2 aliphatic carbocycles. The highest BCUT2D eigenvalue weighted by molar-refractivity contribution is 8.01. The van der Waals surface area contributed by atoms with Gasteiger partial charge >= 0.3 is 12.0 Å². The highest BCUT2D eigenvalue weighted by Gasteiger charge is 2.34. The molecule has 0 spiro atoms. The molecule has 2 saturated carbocycles. The van der Waals surface area contributed by atoms with Crippen molar-refractivity contribution in [2.24, 2.45) is 0 Å². The summed E-state index contributed by atoms with van der Waals surface area (Å²) in [6.07, 6.45) is 12.9. The number of urea groups is 1. The summed E-state index contributed by atoms with van der Waals surface area (Å²) in [5.41, 5.74) is 0. The first-order valence-corrected chi connectivity index (χ1v) is 12.9. The van der Waals surface area contributed by atoms with Gasteiger partial charge in [-0.2, -0.15) is 0 Å². The molecule has 2 amide bonds. The van der Waals surface area contributed by atoms with Gasteiger partial charge in [0.05, 0.1) is 22.3 Å². The number of thiazole rings is 1. The van der Waals surface area contributed by atoms with Crippen LogP contribution >= 0.6 is 23.1 Å². The molecule has 9 heteroatoms. The Bertz CT molecular complexity index is 684. The Morgan fingerprint density at radius 2 is 1.83 bits per heavy atom. The number of hydrogen-bond donors (Lipinski definition) is 2. The Morgan fingerprint density at radius 1 is 1.17 bits per heavy atom. The van der Waals surface area contributed by atoms with Crippen LogP contribution in [-0.2, 0) is 9.53 Å². The number of amides is 2. The molecule has 1 heterocycles. The van der Waals surface area contributed by atoms with Crippen molar-refractivity contribution in [2.45, 2.75) is 93.5 Å². The summed E-state index contributed by atoms with van der Waals surface area (Å²) >= 11 is 2.56. The van der Waals surface area contributed by atoms with E-state index >= 15 is 0 Å². The average molecular weight is 456 g/mol. The van der Waals surface area contributed by atoms with E-state index in [0.717, 1.165) is 49.3 Å². The van der Waals surface area contributed by atoms with Crippen LogP contribution in [0.5, 0.6) is 0 Å². The second-order valence-corrected chi connectivity index (χ2v) is 10.3. The van der Waals surface area contributed by atoms with Crippen LogP contribution in [-0.4, -0.2) is 57.5 Å². The maximum absolute atomic E-state index is 13.4. The predicted molar refractivity (Wildman–Crippen MR) is 120 cm³/mol. The minimum absolute atomic E-state index is 0.00709. The van der Waals surface area contributed by atoms with Crippen molar-refractivity contribution in [2.75, 3.05) is 17.7 Å². The van der Waals surface area contributed by atoms with Crippen LogP contribution in [0.15, 0.2) is 10.4 Å². The van der Waals surface area contributed by atoms with E-state index < -0.39 is 5.97 Å². The molecule has 7 nitrogen and oxygen atoms in total. The highest BCUT2D eigenvalue weighted by atomic mass is 32.2. The Hall–Kier alpha value is -1.32. The molecule has 2 fully saturated rings. The molecular formula is C21H33N3O4S2. The Kier molecular flexibility index (Phi) is 9.27. The molecular weight excluding hydrogens is 422 g/mol. The molecule has 1 aromatic heterocycles. The van der Waals surface area contributed by atoms with E-state index in [2.05, 4.69) is 15.2 Å². The van der Waals surface area contributed by atoms with Gasteiger partial charge < -0.3 is 14.7 Å². The van der Waals surface area contributed by atoms with Gasteiger partial charge in [0.25, 0.3) is 0 Å². The zero-order chi connectivity index (χ0) is 21.3. The third kappa shape index (κ3) is 6.85. The standard InChI is InChI=1S/C21H33N3O4S2/c1-2-28-17-11-9-16(10-12-17)24(15-7-5-3-4-6-8-15)21(27)23-20-22-13-19(30-20)29-14-18(25)26/h13,15-17H,2-12,14H2,1H3,(H,25,26)(H,22,23,27)/t16-,17-. The summed E-state index contributed by atoms with van der Waals surface area (Å²) in [4.78, 5) is 30.5. The number of nitrogens with zero attached hydrogens (tertiary/aromatic N) is 2. The number of hydrogen-bond acceptors (Lipinski definition) is 6. The van der Waals surface area contributed by atoms with Crippen molar-refractivity contribution in [3.63, 3.8) is 0 Å². The van der Waals surface area contributed by atoms with Gasteiger partial charge in [0.2, 0.25) is 0 Å². The number of carboxylic acids is 1. The first kappa shape index (κ1) is 23.3. The minimum Gasteiger partial charge on any atom is -0.481 e. The zero-order valence-corrected chi connectivity index (χ0v) is 19.3. The highest BCUT2D eigenvalue weighted by Crippen LogP contribution is 2.33. The average Bonchev–Trinajstić information content (AvgIpc) is 3.00. The van der Waals surface area contributed by atoms with E-state index in [4.69, 9.17) is 9.84 Å². The zero-order valence-electron chi connectivity index (χ0n) is 17.7. The number of ether oxygens (including phenoxy) is 1. The van der Waals surface area contributed by atoms with Gasteiger partial charge in [-0.05, 0) is 45.4 Å². The second-order valence-electron chi connectivity index (χ2n) is 8.04. The summed E-state index contributed by atoms with van der Waals surface area (Å²) in [6.45, 7) is 2.78. The number of aliphatic carboxylic acids is 1. The third-order valence-electron chi connectivity index (χ3n) is 5.93. The van der Waals surface area contributed by atoms with Crippen LogP contribution in [0.25, 0.3) is 0 Å². The lowest BCUT2D eigenvalue weighted by molar-refractivity contribution is -0.133. The van der Waals surface area contributed by atoms with Crippen LogP contribution in [0.2, 0.25) is 0 Å². The molecule has 1 aromatic rings. The first-order valence-electron chi connectivity index (χ1n) is 11.1. The van der Waals surface area contributed by atoms with Crippen LogP contribution in [0, 0.1) is 0 Å². The van der Waals surface area contributed by atoms with Gasteiger partial charge in [-0.25, -0.2) is 9.78 Å². The number of rotatable bonds is 8. The number of thioether (sulfide) groups is 1. The molecule has 0 bridgehead atoms. The van der Waals surface area contributed by atoms with Crippen molar-refractivity contribution in [1.82, 2.24) is 9.88 Å². The molecule has 0 radical (unpaired) electrons. The number of carbonyl (C=O) groups excluding carboxylic acids is 1. The SMILES string of the molecule is CCO[C@H]1CC[C@H](N(C(=O)Nc2ncc(SCC(=O)O)s2)C2CCCCCC2)CC1. The normalized spacial score (nSPS) is 23.0. The summed E-state index contributed by atoms with van der Waals surface area (Å²) in [7, 11) is 0. The molecule has 0 aromatic carbocycles. The van der Waals surface area contributed by atoms with Crippen molar-refractivity contribution in [3.05, 3.63) is 6.20 Å². The fourth-order valence-electron chi connectivity index (χ4n) is 4.56.